The lowest BCUT2D eigenvalue weighted by Crippen LogP contribution is -1.99. The maximum atomic E-state index is 13.4. The molecule has 0 unspecified atom stereocenters. The maximum Gasteiger partial charge on any atom is 0.165 e. The highest BCUT2D eigenvalue weighted by atomic mass is 79.9. The van der Waals surface area contributed by atoms with E-state index in [9.17, 15) is 4.39 Å². The molecule has 2 aromatic rings. The Morgan fingerprint density at radius 1 is 1.22 bits per heavy atom. The minimum Gasteiger partial charge on any atom is -0.486 e. The molecule has 2 nitrogen and oxygen atoms in total. The van der Waals surface area contributed by atoms with Gasteiger partial charge in [0.15, 0.2) is 11.6 Å². The van der Waals surface area contributed by atoms with Gasteiger partial charge >= 0.3 is 0 Å². The molecule has 6 heteroatoms. The van der Waals surface area contributed by atoms with E-state index in [1.165, 1.54) is 6.07 Å². The zero-order valence-corrected chi connectivity index (χ0v) is 12.1. The zero-order chi connectivity index (χ0) is 13.1. The van der Waals surface area contributed by atoms with Crippen molar-refractivity contribution in [2.75, 3.05) is 0 Å². The van der Waals surface area contributed by atoms with E-state index in [4.69, 9.17) is 27.9 Å². The molecule has 94 valence electrons. The van der Waals surface area contributed by atoms with E-state index in [0.717, 1.165) is 4.47 Å². The van der Waals surface area contributed by atoms with Crippen molar-refractivity contribution in [3.63, 3.8) is 0 Å². The highest BCUT2D eigenvalue weighted by Crippen LogP contribution is 2.24. The monoisotopic (exact) mass is 349 g/mol. The first-order valence-corrected chi connectivity index (χ1v) is 6.50. The fourth-order valence-electron chi connectivity index (χ4n) is 1.29. The van der Waals surface area contributed by atoms with Crippen LogP contribution in [-0.4, -0.2) is 4.98 Å². The second-order valence-corrected chi connectivity index (χ2v) is 5.11. The first-order chi connectivity index (χ1) is 8.56. The van der Waals surface area contributed by atoms with E-state index in [2.05, 4.69) is 20.9 Å². The first-order valence-electron chi connectivity index (χ1n) is 4.95. The van der Waals surface area contributed by atoms with Crippen LogP contribution in [-0.2, 0) is 6.61 Å². The van der Waals surface area contributed by atoms with Crippen molar-refractivity contribution in [3.8, 4) is 5.75 Å². The Morgan fingerprint density at radius 2 is 2.00 bits per heavy atom. The van der Waals surface area contributed by atoms with Crippen LogP contribution >= 0.6 is 39.1 Å². The fraction of sp³-hybridized carbons (Fsp3) is 0.0833. The van der Waals surface area contributed by atoms with E-state index in [1.807, 2.05) is 0 Å². The fourth-order valence-corrected chi connectivity index (χ4v) is 2.03. The zero-order valence-electron chi connectivity index (χ0n) is 8.96. The Kier molecular flexibility index (Phi) is 4.43. The summed E-state index contributed by atoms with van der Waals surface area (Å²) in [7, 11) is 0. The van der Waals surface area contributed by atoms with Crippen LogP contribution in [0.1, 0.15) is 5.56 Å². The third-order valence-electron chi connectivity index (χ3n) is 2.17. The van der Waals surface area contributed by atoms with Gasteiger partial charge in [0, 0.05) is 10.0 Å². The van der Waals surface area contributed by atoms with Gasteiger partial charge in [-0.3, -0.25) is 0 Å². The quantitative estimate of drug-likeness (QED) is 0.737. The third kappa shape index (κ3) is 3.34. The molecular formula is C12H7BrCl2FNO. The molecule has 1 heterocycles. The maximum absolute atomic E-state index is 13.4. The number of hydrogen-bond acceptors (Lipinski definition) is 2. The highest BCUT2D eigenvalue weighted by Gasteiger charge is 2.07. The molecule has 0 bridgehead atoms. The van der Waals surface area contributed by atoms with E-state index in [1.54, 1.807) is 24.3 Å². The molecule has 18 heavy (non-hydrogen) atoms. The van der Waals surface area contributed by atoms with Crippen molar-refractivity contribution in [2.45, 2.75) is 6.61 Å². The van der Waals surface area contributed by atoms with Crippen LogP contribution in [0.3, 0.4) is 0 Å². The van der Waals surface area contributed by atoms with Crippen LogP contribution in [0.2, 0.25) is 10.3 Å². The summed E-state index contributed by atoms with van der Waals surface area (Å²) in [5.74, 6) is -0.286. The Hall–Kier alpha value is -0.840. The number of pyridine rings is 1. The molecule has 2 rings (SSSR count). The van der Waals surface area contributed by atoms with Gasteiger partial charge in [0.2, 0.25) is 0 Å². The van der Waals surface area contributed by atoms with Crippen LogP contribution in [0.15, 0.2) is 34.8 Å². The molecule has 0 radical (unpaired) electrons. The number of nitrogens with zero attached hydrogens (tertiary/aromatic N) is 1. The largest absolute Gasteiger partial charge is 0.486 e. The topological polar surface area (TPSA) is 22.1 Å². The molecule has 0 saturated carbocycles. The first kappa shape index (κ1) is 13.6. The summed E-state index contributed by atoms with van der Waals surface area (Å²) in [6.45, 7) is 0.121. The van der Waals surface area contributed by atoms with Crippen LogP contribution in [0.5, 0.6) is 5.75 Å². The molecule has 0 saturated heterocycles. The second-order valence-electron chi connectivity index (χ2n) is 3.45. The number of halogens is 4. The van der Waals surface area contributed by atoms with Gasteiger partial charge in [0.05, 0.1) is 0 Å². The number of benzene rings is 1. The molecule has 0 amide bonds. The van der Waals surface area contributed by atoms with Gasteiger partial charge in [0.1, 0.15) is 16.9 Å². The van der Waals surface area contributed by atoms with Crippen LogP contribution in [0, 0.1) is 5.82 Å². The van der Waals surface area contributed by atoms with Gasteiger partial charge in [-0.05, 0) is 30.3 Å². The van der Waals surface area contributed by atoms with E-state index >= 15 is 0 Å². The summed E-state index contributed by atoms with van der Waals surface area (Å²) < 4.78 is 19.5. The Labute approximate surface area is 122 Å². The van der Waals surface area contributed by atoms with E-state index in [-0.39, 0.29) is 17.5 Å². The van der Waals surface area contributed by atoms with Crippen molar-refractivity contribution in [1.82, 2.24) is 4.98 Å². The molecule has 0 fully saturated rings. The van der Waals surface area contributed by atoms with Crippen molar-refractivity contribution in [1.29, 1.82) is 0 Å². The molecule has 0 N–H and O–H groups in total. The third-order valence-corrected chi connectivity index (χ3v) is 3.20. The molecule has 1 aromatic heterocycles. The van der Waals surface area contributed by atoms with E-state index in [0.29, 0.717) is 10.7 Å². The van der Waals surface area contributed by atoms with Gasteiger partial charge < -0.3 is 4.74 Å². The number of hydrogen-bond donors (Lipinski definition) is 0. The van der Waals surface area contributed by atoms with Crippen LogP contribution in [0.25, 0.3) is 0 Å². The molecular weight excluding hydrogens is 344 g/mol. The van der Waals surface area contributed by atoms with Crippen molar-refractivity contribution < 1.29 is 9.13 Å². The number of aromatic nitrogens is 1. The summed E-state index contributed by atoms with van der Waals surface area (Å²) in [5, 5.41) is 0.551. The Balaban J connectivity index is 2.13. The number of ether oxygens (including phenoxy) is 1. The molecule has 0 atom stereocenters. The van der Waals surface area contributed by atoms with Gasteiger partial charge in [0.25, 0.3) is 0 Å². The predicted molar refractivity (Wildman–Crippen MR) is 72.7 cm³/mol. The average Bonchev–Trinajstić information content (AvgIpc) is 2.32. The summed E-state index contributed by atoms with van der Waals surface area (Å²) >= 11 is 14.8. The standard InChI is InChI=1S/C12H7BrCl2FNO/c13-8-2-3-9(16)10(5-8)18-6-7-1-4-11(14)17-12(7)15/h1-5H,6H2. The van der Waals surface area contributed by atoms with Crippen LogP contribution < -0.4 is 4.74 Å². The molecule has 0 aliphatic carbocycles. The van der Waals surface area contributed by atoms with Gasteiger partial charge in [-0.2, -0.15) is 0 Å². The Bertz CT molecular complexity index is 580. The highest BCUT2D eigenvalue weighted by molar-refractivity contribution is 9.10. The van der Waals surface area contributed by atoms with Gasteiger partial charge in [-0.25, -0.2) is 9.37 Å². The average molecular weight is 351 g/mol. The molecule has 1 aromatic carbocycles. The van der Waals surface area contributed by atoms with Crippen molar-refractivity contribution in [3.05, 3.63) is 56.5 Å². The summed E-state index contributed by atoms with van der Waals surface area (Å²) in [4.78, 5) is 3.87. The summed E-state index contributed by atoms with van der Waals surface area (Å²) in [5.41, 5.74) is 0.639. The Morgan fingerprint density at radius 3 is 2.72 bits per heavy atom. The van der Waals surface area contributed by atoms with Gasteiger partial charge in [-0.1, -0.05) is 39.1 Å². The van der Waals surface area contributed by atoms with Gasteiger partial charge in [-0.15, -0.1) is 0 Å². The molecule has 0 aliphatic rings. The summed E-state index contributed by atoms with van der Waals surface area (Å²) in [6, 6.07) is 7.75. The minimum atomic E-state index is -0.434. The lowest BCUT2D eigenvalue weighted by molar-refractivity contribution is 0.290. The van der Waals surface area contributed by atoms with Crippen molar-refractivity contribution in [2.24, 2.45) is 0 Å². The van der Waals surface area contributed by atoms with Crippen LogP contribution in [0.4, 0.5) is 4.39 Å². The molecule has 0 aliphatic heterocycles. The second kappa shape index (κ2) is 5.87. The minimum absolute atomic E-state index is 0.121. The lowest BCUT2D eigenvalue weighted by atomic mass is 10.3. The SMILES string of the molecule is Fc1ccc(Br)cc1OCc1ccc(Cl)nc1Cl. The van der Waals surface area contributed by atoms with E-state index < -0.39 is 5.82 Å². The predicted octanol–water partition coefficient (Wildman–Crippen LogP) is 4.87. The lowest BCUT2D eigenvalue weighted by Gasteiger charge is -2.08. The normalized spacial score (nSPS) is 10.4. The molecule has 0 spiro atoms. The summed E-state index contributed by atoms with van der Waals surface area (Å²) in [6.07, 6.45) is 0. The smallest absolute Gasteiger partial charge is 0.165 e. The number of rotatable bonds is 3. The van der Waals surface area contributed by atoms with Crippen molar-refractivity contribution >= 4 is 39.1 Å².